The fraction of sp³-hybridized carbons (Fsp3) is 0.850. The monoisotopic (exact) mass is 320 g/mol. The van der Waals surface area contributed by atoms with Gasteiger partial charge in [0, 0.05) is 0 Å². The number of hydrogen-bond acceptors (Lipinski definition) is 2. The number of carboxylic acid groups (broad SMARTS) is 1. The molecule has 1 aliphatic heterocycles. The topological polar surface area (TPSA) is 46.5 Å². The van der Waals surface area contributed by atoms with Crippen molar-refractivity contribution in [3.63, 3.8) is 0 Å². The van der Waals surface area contributed by atoms with Gasteiger partial charge in [0.25, 0.3) is 0 Å². The Morgan fingerprint density at radius 1 is 1.09 bits per heavy atom. The van der Waals surface area contributed by atoms with E-state index in [4.69, 9.17) is 4.74 Å². The van der Waals surface area contributed by atoms with Crippen LogP contribution in [0.15, 0.2) is 12.7 Å². The van der Waals surface area contributed by atoms with E-state index in [-0.39, 0.29) is 22.5 Å². The Morgan fingerprint density at radius 2 is 1.74 bits per heavy atom. The predicted molar refractivity (Wildman–Crippen MR) is 91.2 cm³/mol. The van der Waals surface area contributed by atoms with Crippen LogP contribution in [-0.4, -0.2) is 22.3 Å². The van der Waals surface area contributed by atoms with Gasteiger partial charge in [-0.1, -0.05) is 19.4 Å². The Morgan fingerprint density at radius 3 is 2.35 bits per heavy atom. The summed E-state index contributed by atoms with van der Waals surface area (Å²) in [5.41, 5.74) is -0.892. The third-order valence-electron chi connectivity index (χ3n) is 7.76. The first-order chi connectivity index (χ1) is 10.6. The Kier molecular flexibility index (Phi) is 3.76. The van der Waals surface area contributed by atoms with Gasteiger partial charge < -0.3 is 9.84 Å². The fourth-order valence-electron chi connectivity index (χ4n) is 6.45. The van der Waals surface area contributed by atoms with Crippen molar-refractivity contribution in [2.75, 3.05) is 0 Å². The SMILES string of the molecule is C=C[C@]1(C)CC[C@@H]2[C@@]3(C)CCC[C@@](C)(C(=O)O)[C@@H]3CC[C@@]2(C)O1. The van der Waals surface area contributed by atoms with Gasteiger partial charge in [-0.25, -0.2) is 0 Å². The molecular formula is C20H32O3. The quantitative estimate of drug-likeness (QED) is 0.743. The summed E-state index contributed by atoms with van der Waals surface area (Å²) in [4.78, 5) is 12.0. The highest BCUT2D eigenvalue weighted by Crippen LogP contribution is 2.65. The third kappa shape index (κ3) is 2.30. The largest absolute Gasteiger partial charge is 0.481 e. The Bertz CT molecular complexity index is 529. The molecule has 0 aromatic carbocycles. The van der Waals surface area contributed by atoms with Crippen LogP contribution in [0.2, 0.25) is 0 Å². The molecule has 0 unspecified atom stereocenters. The normalized spacial score (nSPS) is 53.0. The van der Waals surface area contributed by atoms with Crippen LogP contribution in [0.25, 0.3) is 0 Å². The molecule has 3 rings (SSSR count). The lowest BCUT2D eigenvalue weighted by molar-refractivity contribution is -0.254. The summed E-state index contributed by atoms with van der Waals surface area (Å²) in [6.07, 6.45) is 8.94. The van der Waals surface area contributed by atoms with Gasteiger partial charge in [0.15, 0.2) is 0 Å². The van der Waals surface area contributed by atoms with Crippen molar-refractivity contribution in [1.29, 1.82) is 0 Å². The van der Waals surface area contributed by atoms with E-state index in [9.17, 15) is 9.90 Å². The van der Waals surface area contributed by atoms with Crippen LogP contribution in [0.4, 0.5) is 0 Å². The van der Waals surface area contributed by atoms with E-state index in [0.717, 1.165) is 44.9 Å². The van der Waals surface area contributed by atoms with Crippen molar-refractivity contribution in [1.82, 2.24) is 0 Å². The van der Waals surface area contributed by atoms with Crippen molar-refractivity contribution in [3.05, 3.63) is 12.7 Å². The Hall–Kier alpha value is -0.830. The van der Waals surface area contributed by atoms with Gasteiger partial charge in [-0.2, -0.15) is 0 Å². The molecule has 1 saturated heterocycles. The van der Waals surface area contributed by atoms with E-state index in [0.29, 0.717) is 5.92 Å². The minimum absolute atomic E-state index is 0.0703. The molecule has 3 aliphatic rings. The van der Waals surface area contributed by atoms with Gasteiger partial charge in [0.05, 0.1) is 16.6 Å². The standard InChI is InChI=1S/C20H32O3/c1-6-17(2)12-8-15-18(3)10-7-11-19(4,16(21)22)14(18)9-13-20(15,5)23-17/h6,14-15H,1,7-13H2,2-5H3,(H,21,22)/t14-,15-,17-,18+,19-,20-/m1/s1. The molecule has 2 aliphatic carbocycles. The first-order valence-electron chi connectivity index (χ1n) is 9.17. The smallest absolute Gasteiger partial charge is 0.309 e. The maximum atomic E-state index is 12.0. The fourth-order valence-corrected chi connectivity index (χ4v) is 6.45. The summed E-state index contributed by atoms with van der Waals surface area (Å²) in [7, 11) is 0. The minimum atomic E-state index is -0.607. The second-order valence-corrected chi connectivity index (χ2v) is 9.20. The number of carboxylic acids is 1. The number of fused-ring (bicyclic) bond motifs is 3. The number of ether oxygens (including phenoxy) is 1. The molecule has 3 nitrogen and oxygen atoms in total. The second kappa shape index (κ2) is 5.08. The number of hydrogen-bond donors (Lipinski definition) is 1. The van der Waals surface area contributed by atoms with Crippen LogP contribution < -0.4 is 0 Å². The average Bonchev–Trinajstić information content (AvgIpc) is 2.45. The van der Waals surface area contributed by atoms with Crippen molar-refractivity contribution in [2.45, 2.75) is 83.8 Å². The summed E-state index contributed by atoms with van der Waals surface area (Å²) in [5, 5.41) is 9.89. The molecule has 23 heavy (non-hydrogen) atoms. The number of rotatable bonds is 2. The summed E-state index contributed by atoms with van der Waals surface area (Å²) in [5.74, 6) is 0.0986. The lowest BCUT2D eigenvalue weighted by Gasteiger charge is -2.64. The summed E-state index contributed by atoms with van der Waals surface area (Å²) >= 11 is 0. The first-order valence-corrected chi connectivity index (χ1v) is 9.17. The molecule has 6 atom stereocenters. The van der Waals surface area contributed by atoms with E-state index in [1.165, 1.54) is 0 Å². The molecular weight excluding hydrogens is 288 g/mol. The average molecular weight is 320 g/mol. The molecule has 2 saturated carbocycles. The maximum Gasteiger partial charge on any atom is 0.309 e. The van der Waals surface area contributed by atoms with Crippen LogP contribution >= 0.6 is 0 Å². The maximum absolute atomic E-state index is 12.0. The lowest BCUT2D eigenvalue weighted by atomic mass is 9.44. The highest BCUT2D eigenvalue weighted by atomic mass is 16.5. The number of aliphatic carboxylic acids is 1. The van der Waals surface area contributed by atoms with Crippen LogP contribution in [0.1, 0.15) is 72.6 Å². The minimum Gasteiger partial charge on any atom is -0.481 e. The zero-order valence-corrected chi connectivity index (χ0v) is 15.2. The van der Waals surface area contributed by atoms with Gasteiger partial charge >= 0.3 is 5.97 Å². The van der Waals surface area contributed by atoms with Crippen molar-refractivity contribution >= 4 is 5.97 Å². The summed E-state index contributed by atoms with van der Waals surface area (Å²) < 4.78 is 6.59. The zero-order valence-electron chi connectivity index (χ0n) is 15.2. The molecule has 0 aromatic rings. The molecule has 3 heteroatoms. The van der Waals surface area contributed by atoms with Crippen molar-refractivity contribution in [3.8, 4) is 0 Å². The van der Waals surface area contributed by atoms with E-state index in [2.05, 4.69) is 27.4 Å². The molecule has 0 amide bonds. The molecule has 130 valence electrons. The zero-order chi connectivity index (χ0) is 17.1. The summed E-state index contributed by atoms with van der Waals surface area (Å²) in [6, 6.07) is 0. The van der Waals surface area contributed by atoms with Gasteiger partial charge in [0.2, 0.25) is 0 Å². The van der Waals surface area contributed by atoms with Crippen LogP contribution in [0, 0.1) is 22.7 Å². The van der Waals surface area contributed by atoms with E-state index >= 15 is 0 Å². The van der Waals surface area contributed by atoms with Crippen molar-refractivity contribution < 1.29 is 14.6 Å². The van der Waals surface area contributed by atoms with E-state index in [1.54, 1.807) is 0 Å². The van der Waals surface area contributed by atoms with Crippen LogP contribution in [0.5, 0.6) is 0 Å². The molecule has 0 radical (unpaired) electrons. The first kappa shape index (κ1) is 17.0. The molecule has 0 spiro atoms. The van der Waals surface area contributed by atoms with Crippen LogP contribution in [0.3, 0.4) is 0 Å². The van der Waals surface area contributed by atoms with Gasteiger partial charge in [-0.15, -0.1) is 6.58 Å². The highest BCUT2D eigenvalue weighted by molar-refractivity contribution is 5.75. The molecule has 0 aromatic heterocycles. The Labute approximate surface area is 140 Å². The molecule has 0 bridgehead atoms. The Balaban J connectivity index is 1.97. The number of carbonyl (C=O) groups is 1. The van der Waals surface area contributed by atoms with Gasteiger partial charge in [-0.05, 0) is 76.5 Å². The predicted octanol–water partition coefficient (Wildman–Crippen LogP) is 4.81. The van der Waals surface area contributed by atoms with Gasteiger partial charge in [0.1, 0.15) is 0 Å². The molecule has 1 N–H and O–H groups in total. The lowest BCUT2D eigenvalue weighted by Crippen LogP contribution is -2.63. The summed E-state index contributed by atoms with van der Waals surface area (Å²) in [6.45, 7) is 12.7. The van der Waals surface area contributed by atoms with E-state index < -0.39 is 11.4 Å². The molecule has 1 heterocycles. The van der Waals surface area contributed by atoms with Gasteiger partial charge in [-0.3, -0.25) is 4.79 Å². The highest BCUT2D eigenvalue weighted by Gasteiger charge is 2.63. The second-order valence-electron chi connectivity index (χ2n) is 9.20. The molecule has 3 fully saturated rings. The van der Waals surface area contributed by atoms with Crippen LogP contribution in [-0.2, 0) is 9.53 Å². The van der Waals surface area contributed by atoms with Crippen molar-refractivity contribution in [2.24, 2.45) is 22.7 Å². The third-order valence-corrected chi connectivity index (χ3v) is 7.76. The van der Waals surface area contributed by atoms with E-state index in [1.807, 2.05) is 13.0 Å².